The fourth-order valence-electron chi connectivity index (χ4n) is 1.51. The Morgan fingerprint density at radius 2 is 2.20 bits per heavy atom. The number of rotatable bonds is 3. The highest BCUT2D eigenvalue weighted by Gasteiger charge is 2.17. The van der Waals surface area contributed by atoms with Gasteiger partial charge in [-0.3, -0.25) is 4.79 Å². The molecule has 2 N–H and O–H groups in total. The molecule has 82 valence electrons. The van der Waals surface area contributed by atoms with Gasteiger partial charge >= 0.3 is 0 Å². The van der Waals surface area contributed by atoms with Crippen molar-refractivity contribution in [3.05, 3.63) is 29.8 Å². The smallest absolute Gasteiger partial charge is 0.243 e. The molecule has 3 nitrogen and oxygen atoms in total. The van der Waals surface area contributed by atoms with E-state index in [1.807, 2.05) is 38.1 Å². The molecule has 1 aromatic rings. The van der Waals surface area contributed by atoms with Crippen LogP contribution in [0.25, 0.3) is 0 Å². The van der Waals surface area contributed by atoms with Crippen LogP contribution in [0.1, 0.15) is 19.4 Å². The topological polar surface area (TPSA) is 46.3 Å². The van der Waals surface area contributed by atoms with Crippen molar-refractivity contribution in [1.82, 2.24) is 0 Å². The van der Waals surface area contributed by atoms with Gasteiger partial charge in [0.15, 0.2) is 0 Å². The molecule has 0 aromatic heterocycles. The van der Waals surface area contributed by atoms with Gasteiger partial charge in [-0.1, -0.05) is 12.1 Å². The lowest BCUT2D eigenvalue weighted by molar-refractivity contribution is -0.119. The van der Waals surface area contributed by atoms with Crippen LogP contribution >= 0.6 is 0 Å². The van der Waals surface area contributed by atoms with Crippen LogP contribution in [0.5, 0.6) is 0 Å². The second kappa shape index (κ2) is 4.94. The minimum Gasteiger partial charge on any atom is -0.320 e. The van der Waals surface area contributed by atoms with Crippen molar-refractivity contribution in [3.8, 4) is 0 Å². The third kappa shape index (κ3) is 2.80. The highest BCUT2D eigenvalue weighted by molar-refractivity contribution is 5.96. The van der Waals surface area contributed by atoms with Crippen molar-refractivity contribution < 1.29 is 4.79 Å². The molecular formula is C12H18N2O. The largest absolute Gasteiger partial charge is 0.320 e. The van der Waals surface area contributed by atoms with Crippen LogP contribution in [0.15, 0.2) is 24.3 Å². The van der Waals surface area contributed by atoms with Gasteiger partial charge in [-0.2, -0.15) is 0 Å². The molecule has 0 unspecified atom stereocenters. The fourth-order valence-corrected chi connectivity index (χ4v) is 1.51. The van der Waals surface area contributed by atoms with E-state index >= 15 is 0 Å². The number of benzene rings is 1. The Bertz CT molecular complexity index is 347. The van der Waals surface area contributed by atoms with Gasteiger partial charge in [0.2, 0.25) is 5.91 Å². The molecule has 0 aliphatic rings. The Balaban J connectivity index is 2.97. The third-order valence-electron chi connectivity index (χ3n) is 2.29. The summed E-state index contributed by atoms with van der Waals surface area (Å²) in [6, 6.07) is 7.42. The highest BCUT2D eigenvalue weighted by atomic mass is 16.2. The average Bonchev–Trinajstić information content (AvgIpc) is 2.18. The lowest BCUT2D eigenvalue weighted by atomic mass is 10.2. The maximum absolute atomic E-state index is 11.8. The van der Waals surface area contributed by atoms with Gasteiger partial charge in [0, 0.05) is 12.2 Å². The number of likely N-dealkylation sites (N-methyl/N-ethyl adjacent to an activating group) is 1. The monoisotopic (exact) mass is 206 g/mol. The van der Waals surface area contributed by atoms with Crippen LogP contribution in [0.2, 0.25) is 0 Å². The van der Waals surface area contributed by atoms with Crippen LogP contribution in [0.4, 0.5) is 5.69 Å². The molecule has 0 saturated heterocycles. The van der Waals surface area contributed by atoms with E-state index in [2.05, 4.69) is 0 Å². The molecule has 0 aliphatic carbocycles. The molecule has 0 fully saturated rings. The van der Waals surface area contributed by atoms with Gasteiger partial charge in [-0.25, -0.2) is 0 Å². The quantitative estimate of drug-likeness (QED) is 0.818. The Kier molecular flexibility index (Phi) is 3.86. The molecule has 1 aromatic carbocycles. The van der Waals surface area contributed by atoms with Gasteiger partial charge in [0.1, 0.15) is 0 Å². The number of hydrogen-bond acceptors (Lipinski definition) is 2. The molecule has 1 rings (SSSR count). The predicted octanol–water partition coefficient (Wildman–Crippen LogP) is 1.70. The molecule has 0 aliphatic heterocycles. The molecule has 0 spiro atoms. The number of amides is 1. The van der Waals surface area contributed by atoms with Gasteiger partial charge in [-0.15, -0.1) is 0 Å². The third-order valence-corrected chi connectivity index (χ3v) is 2.29. The van der Waals surface area contributed by atoms with Gasteiger partial charge < -0.3 is 10.6 Å². The summed E-state index contributed by atoms with van der Waals surface area (Å²) in [7, 11) is 0. The van der Waals surface area contributed by atoms with Crippen LogP contribution in [-0.2, 0) is 4.79 Å². The minimum atomic E-state index is -0.453. The van der Waals surface area contributed by atoms with Crippen LogP contribution in [-0.4, -0.2) is 18.5 Å². The first-order chi connectivity index (χ1) is 7.06. The van der Waals surface area contributed by atoms with Gasteiger partial charge in [0.05, 0.1) is 6.04 Å². The summed E-state index contributed by atoms with van der Waals surface area (Å²) in [6.07, 6.45) is 0. The second-order valence-corrected chi connectivity index (χ2v) is 3.71. The highest BCUT2D eigenvalue weighted by Crippen LogP contribution is 2.16. The number of nitrogens with two attached hydrogens (primary N) is 1. The summed E-state index contributed by atoms with van der Waals surface area (Å²) in [5.74, 6) is -0.0388. The molecule has 0 heterocycles. The van der Waals surface area contributed by atoms with Crippen molar-refractivity contribution >= 4 is 11.6 Å². The van der Waals surface area contributed by atoms with Gasteiger partial charge in [-0.05, 0) is 38.5 Å². The fraction of sp³-hybridized carbons (Fsp3) is 0.417. The summed E-state index contributed by atoms with van der Waals surface area (Å²) in [4.78, 5) is 13.5. The molecule has 0 saturated carbocycles. The number of aryl methyl sites for hydroxylation is 1. The Morgan fingerprint density at radius 1 is 1.53 bits per heavy atom. The first-order valence-electron chi connectivity index (χ1n) is 5.20. The summed E-state index contributed by atoms with van der Waals surface area (Å²) >= 11 is 0. The van der Waals surface area contributed by atoms with E-state index in [1.165, 1.54) is 0 Å². The standard InChI is InChI=1S/C12H18N2O/c1-4-14(12(15)10(3)13)11-7-5-6-9(2)8-11/h5-8,10H,4,13H2,1-3H3/t10-/m1/s1. The lowest BCUT2D eigenvalue weighted by Gasteiger charge is -2.23. The summed E-state index contributed by atoms with van der Waals surface area (Å²) < 4.78 is 0. The molecule has 0 radical (unpaired) electrons. The molecule has 15 heavy (non-hydrogen) atoms. The van der Waals surface area contributed by atoms with Crippen molar-refractivity contribution in [2.75, 3.05) is 11.4 Å². The van der Waals surface area contributed by atoms with E-state index in [0.29, 0.717) is 6.54 Å². The van der Waals surface area contributed by atoms with E-state index in [0.717, 1.165) is 11.3 Å². The Labute approximate surface area is 90.9 Å². The lowest BCUT2D eigenvalue weighted by Crippen LogP contribution is -2.42. The van der Waals surface area contributed by atoms with E-state index < -0.39 is 6.04 Å². The van der Waals surface area contributed by atoms with E-state index in [9.17, 15) is 4.79 Å². The first kappa shape index (κ1) is 11.7. The first-order valence-corrected chi connectivity index (χ1v) is 5.20. The maximum atomic E-state index is 11.8. The second-order valence-electron chi connectivity index (χ2n) is 3.71. The van der Waals surface area contributed by atoms with Crippen LogP contribution in [0, 0.1) is 6.92 Å². The molecule has 3 heteroatoms. The number of carbonyl (C=O) groups excluding carboxylic acids is 1. The Morgan fingerprint density at radius 3 is 2.67 bits per heavy atom. The Hall–Kier alpha value is -1.35. The van der Waals surface area contributed by atoms with E-state index in [-0.39, 0.29) is 5.91 Å². The van der Waals surface area contributed by atoms with Crippen LogP contribution in [0.3, 0.4) is 0 Å². The maximum Gasteiger partial charge on any atom is 0.243 e. The normalized spacial score (nSPS) is 12.3. The van der Waals surface area contributed by atoms with Crippen molar-refractivity contribution in [2.45, 2.75) is 26.8 Å². The predicted molar refractivity (Wildman–Crippen MR) is 62.9 cm³/mol. The number of anilines is 1. The molecule has 1 atom stereocenters. The summed E-state index contributed by atoms with van der Waals surface area (Å²) in [5.41, 5.74) is 7.66. The average molecular weight is 206 g/mol. The van der Waals surface area contributed by atoms with Crippen molar-refractivity contribution in [3.63, 3.8) is 0 Å². The number of hydrogen-bond donors (Lipinski definition) is 1. The van der Waals surface area contributed by atoms with Gasteiger partial charge in [0.25, 0.3) is 0 Å². The zero-order chi connectivity index (χ0) is 11.4. The summed E-state index contributed by atoms with van der Waals surface area (Å²) in [5, 5.41) is 0. The van der Waals surface area contributed by atoms with E-state index in [1.54, 1.807) is 11.8 Å². The minimum absolute atomic E-state index is 0.0388. The SMILES string of the molecule is CCN(C(=O)[C@@H](C)N)c1cccc(C)c1. The molecular weight excluding hydrogens is 188 g/mol. The molecule has 0 bridgehead atoms. The van der Waals surface area contributed by atoms with Crippen LogP contribution < -0.4 is 10.6 Å². The van der Waals surface area contributed by atoms with Crippen molar-refractivity contribution in [2.24, 2.45) is 5.73 Å². The molecule has 1 amide bonds. The summed E-state index contributed by atoms with van der Waals surface area (Å²) in [6.45, 7) is 6.31. The van der Waals surface area contributed by atoms with Crippen molar-refractivity contribution in [1.29, 1.82) is 0 Å². The zero-order valence-corrected chi connectivity index (χ0v) is 9.53. The number of nitrogens with zero attached hydrogens (tertiary/aromatic N) is 1. The number of carbonyl (C=O) groups is 1. The zero-order valence-electron chi connectivity index (χ0n) is 9.53. The van der Waals surface area contributed by atoms with E-state index in [4.69, 9.17) is 5.73 Å².